The number of ether oxygens (including phenoxy) is 2. The molecule has 0 radical (unpaired) electrons. The molecule has 2 aromatic carbocycles. The summed E-state index contributed by atoms with van der Waals surface area (Å²) in [5.74, 6) is -0.255. The molecule has 46 heavy (non-hydrogen) atoms. The van der Waals surface area contributed by atoms with Crippen LogP contribution in [0.1, 0.15) is 40.8 Å². The minimum Gasteiger partial charge on any atom is -0.464 e. The number of alkyl halides is 1. The number of aliphatic hydroxyl groups is 1. The van der Waals surface area contributed by atoms with Gasteiger partial charge in [0, 0.05) is 12.4 Å². The summed E-state index contributed by atoms with van der Waals surface area (Å²) >= 11 is 0. The maximum atomic E-state index is 16.7. The van der Waals surface area contributed by atoms with E-state index in [4.69, 9.17) is 24.3 Å². The molecule has 1 saturated carbocycles. The van der Waals surface area contributed by atoms with Crippen molar-refractivity contribution in [3.63, 3.8) is 0 Å². The van der Waals surface area contributed by atoms with Crippen molar-refractivity contribution in [2.24, 2.45) is 5.41 Å². The van der Waals surface area contributed by atoms with Gasteiger partial charge in [-0.3, -0.25) is 13.9 Å². The van der Waals surface area contributed by atoms with E-state index in [9.17, 15) is 14.5 Å². The zero-order valence-electron chi connectivity index (χ0n) is 26.2. The van der Waals surface area contributed by atoms with Crippen molar-refractivity contribution in [3.8, 4) is 5.75 Å². The molecule has 1 aliphatic heterocycles. The molecule has 6 rings (SSSR count). The predicted molar refractivity (Wildman–Crippen MR) is 168 cm³/mol. The third-order valence-corrected chi connectivity index (χ3v) is 9.70. The van der Waals surface area contributed by atoms with Gasteiger partial charge in [0.15, 0.2) is 34.5 Å². The number of nitrogens with one attached hydrogen (secondary N) is 2. The Morgan fingerprint density at radius 3 is 2.63 bits per heavy atom. The van der Waals surface area contributed by atoms with Crippen LogP contribution in [-0.4, -0.2) is 73.8 Å². The first kappa shape index (κ1) is 32.1. The van der Waals surface area contributed by atoms with E-state index in [0.717, 1.165) is 12.3 Å². The first-order chi connectivity index (χ1) is 21.6. The van der Waals surface area contributed by atoms with Crippen molar-refractivity contribution in [2.45, 2.75) is 70.4 Å². The number of anilines is 2. The molecule has 246 valence electrons. The Labute approximate surface area is 264 Å². The topological polar surface area (TPSA) is 185 Å². The Balaban J connectivity index is 1.28. The number of hydrogen-bond donors (Lipinski definition) is 4. The van der Waals surface area contributed by atoms with Crippen LogP contribution in [0, 0.1) is 5.41 Å². The summed E-state index contributed by atoms with van der Waals surface area (Å²) in [5.41, 5.74) is 1.29. The first-order valence-corrected chi connectivity index (χ1v) is 16.3. The van der Waals surface area contributed by atoms with Gasteiger partial charge < -0.3 is 30.2 Å². The second-order valence-electron chi connectivity index (χ2n) is 12.9. The number of esters is 1. The molecule has 1 saturated heterocycles. The van der Waals surface area contributed by atoms with Gasteiger partial charge in [-0.05, 0) is 30.7 Å². The lowest BCUT2D eigenvalue weighted by Crippen LogP contribution is -2.45. The number of hydrogen-bond acceptors (Lipinski definition) is 12. The minimum atomic E-state index is -4.52. The van der Waals surface area contributed by atoms with Crippen molar-refractivity contribution < 1.29 is 37.4 Å². The van der Waals surface area contributed by atoms with E-state index in [1.807, 2.05) is 39.0 Å². The van der Waals surface area contributed by atoms with Crippen molar-refractivity contribution in [2.75, 3.05) is 24.7 Å². The molecule has 2 aromatic heterocycles. The lowest BCUT2D eigenvalue weighted by atomic mass is 9.97. The average molecular weight is 658 g/mol. The molecule has 1 aliphatic carbocycles. The van der Waals surface area contributed by atoms with E-state index >= 15 is 4.39 Å². The highest BCUT2D eigenvalue weighted by Crippen LogP contribution is 2.66. The lowest BCUT2D eigenvalue weighted by molar-refractivity contribution is -0.148. The number of aromatic nitrogens is 4. The average Bonchev–Trinajstić information content (AvgIpc) is 3.23. The van der Waals surface area contributed by atoms with Crippen LogP contribution in [0.2, 0.25) is 0 Å². The molecular formula is C30H37FN7O7P. The highest BCUT2D eigenvalue weighted by molar-refractivity contribution is 7.52. The van der Waals surface area contributed by atoms with Gasteiger partial charge in [-0.15, -0.1) is 0 Å². The normalized spacial score (nSPS) is 27.6. The van der Waals surface area contributed by atoms with E-state index < -0.39 is 49.5 Å². The van der Waals surface area contributed by atoms with Crippen LogP contribution in [0.15, 0.2) is 48.8 Å². The van der Waals surface area contributed by atoms with Gasteiger partial charge in [-0.2, -0.15) is 15.1 Å². The number of halogens is 1. The van der Waals surface area contributed by atoms with Gasteiger partial charge in [0.25, 0.3) is 0 Å². The summed E-state index contributed by atoms with van der Waals surface area (Å²) in [6, 6.07) is 11.2. The maximum absolute atomic E-state index is 16.7. The smallest absolute Gasteiger partial charge is 0.459 e. The fourth-order valence-electron chi connectivity index (χ4n) is 5.59. The molecule has 2 fully saturated rings. The summed E-state index contributed by atoms with van der Waals surface area (Å²) in [6.45, 7) is 8.40. The summed E-state index contributed by atoms with van der Waals surface area (Å²) in [6.07, 6.45) is -2.79. The van der Waals surface area contributed by atoms with Crippen LogP contribution in [0.5, 0.6) is 5.75 Å². The summed E-state index contributed by atoms with van der Waals surface area (Å²) in [5, 5.41) is 18.6. The quantitative estimate of drug-likeness (QED) is 0.141. The minimum absolute atomic E-state index is 0.0741. The van der Waals surface area contributed by atoms with E-state index in [0.29, 0.717) is 16.7 Å². The first-order valence-electron chi connectivity index (χ1n) is 14.7. The highest BCUT2D eigenvalue weighted by atomic mass is 31.2. The zero-order chi connectivity index (χ0) is 33.2. The third kappa shape index (κ3) is 5.45. The summed E-state index contributed by atoms with van der Waals surface area (Å²) in [7, 11) is -2.90. The SMILES string of the molecule is CNc1nc(N)nc2c1ncn2[C@@H]1O[C@@H]2C(OP(=O)(N[C@H](C)C(=O)OCC(C)(C)C)Oc3cccc4ccccc34)[C@]2(O)[C@@]1(C)F. The Hall–Kier alpha value is -3.88. The molecule has 0 spiro atoms. The van der Waals surface area contributed by atoms with Crippen LogP contribution >= 0.6 is 7.75 Å². The van der Waals surface area contributed by atoms with Gasteiger partial charge in [0.05, 0.1) is 12.9 Å². The standard InChI is InChI=1S/C30H37FN7O7P/c1-16(25(39)42-14-28(2,3)4)37-46(41,44-19-13-9-11-17-10-7-8-12-18(17)19)45-22-21-30(22,40)29(5,31)26(43-21)38-15-34-20-23(33-6)35-27(32)36-24(20)38/h7-13,15-16,21-22,26,40H,14H2,1-6H3,(H,37,41)(H3,32,33,35,36)/t16-,21-,22?,26-,29+,30+,46?/m1/s1. The fraction of sp³-hybridized carbons (Fsp3) is 0.467. The Morgan fingerprint density at radius 1 is 1.24 bits per heavy atom. The number of nitrogens with two attached hydrogens (primary N) is 1. The fourth-order valence-corrected chi connectivity index (χ4v) is 7.31. The molecule has 7 atom stereocenters. The van der Waals surface area contributed by atoms with Crippen molar-refractivity contribution in [1.29, 1.82) is 0 Å². The molecular weight excluding hydrogens is 620 g/mol. The van der Waals surface area contributed by atoms with Gasteiger partial charge >= 0.3 is 13.7 Å². The van der Waals surface area contributed by atoms with E-state index in [1.165, 1.54) is 17.8 Å². The van der Waals surface area contributed by atoms with Crippen LogP contribution in [0.3, 0.4) is 0 Å². The molecule has 2 unspecified atom stereocenters. The van der Waals surface area contributed by atoms with Crippen molar-refractivity contribution in [3.05, 3.63) is 48.8 Å². The van der Waals surface area contributed by atoms with Gasteiger partial charge in [0.2, 0.25) is 5.95 Å². The summed E-state index contributed by atoms with van der Waals surface area (Å²) < 4.78 is 55.8. The predicted octanol–water partition coefficient (Wildman–Crippen LogP) is 4.11. The van der Waals surface area contributed by atoms with Crippen molar-refractivity contribution >= 4 is 47.4 Å². The molecule has 3 heterocycles. The number of imidazole rings is 1. The second-order valence-corrected chi connectivity index (χ2v) is 14.6. The zero-order valence-corrected chi connectivity index (χ0v) is 27.1. The Morgan fingerprint density at radius 2 is 1.96 bits per heavy atom. The van der Waals surface area contributed by atoms with Crippen LogP contribution in [-0.2, 0) is 23.4 Å². The number of fused-ring (bicyclic) bond motifs is 3. The molecule has 14 nitrogen and oxygen atoms in total. The molecule has 5 N–H and O–H groups in total. The summed E-state index contributed by atoms with van der Waals surface area (Å²) in [4.78, 5) is 25.4. The van der Waals surface area contributed by atoms with E-state index in [-0.39, 0.29) is 29.4 Å². The van der Waals surface area contributed by atoms with Gasteiger partial charge in [-0.25, -0.2) is 13.9 Å². The molecule has 4 aromatic rings. The van der Waals surface area contributed by atoms with E-state index in [1.54, 1.807) is 31.3 Å². The molecule has 0 amide bonds. The van der Waals surface area contributed by atoms with Crippen LogP contribution in [0.4, 0.5) is 16.2 Å². The lowest BCUT2D eigenvalue weighted by Gasteiger charge is -2.32. The number of nitrogens with zero attached hydrogens (tertiary/aromatic N) is 4. The number of rotatable bonds is 10. The third-order valence-electron chi connectivity index (χ3n) is 8.06. The highest BCUT2D eigenvalue weighted by Gasteiger charge is 2.85. The number of nitrogen functional groups attached to an aromatic ring is 1. The maximum Gasteiger partial charge on any atom is 0.459 e. The Kier molecular flexibility index (Phi) is 7.76. The molecule has 0 bridgehead atoms. The number of carbonyl (C=O) groups excluding carboxylic acids is 1. The van der Waals surface area contributed by atoms with Gasteiger partial charge in [-0.1, -0.05) is 57.2 Å². The van der Waals surface area contributed by atoms with Crippen molar-refractivity contribution in [1.82, 2.24) is 24.6 Å². The number of carbonyl (C=O) groups is 1. The van der Waals surface area contributed by atoms with Gasteiger partial charge in [0.1, 0.15) is 24.0 Å². The number of benzene rings is 2. The van der Waals surface area contributed by atoms with Crippen LogP contribution in [0.25, 0.3) is 21.9 Å². The monoisotopic (exact) mass is 657 g/mol. The van der Waals surface area contributed by atoms with Crippen LogP contribution < -0.4 is 20.7 Å². The Bertz CT molecular complexity index is 1860. The second kappa shape index (κ2) is 11.1. The molecule has 2 aliphatic rings. The largest absolute Gasteiger partial charge is 0.464 e. The van der Waals surface area contributed by atoms with E-state index in [2.05, 4.69) is 25.4 Å². The molecule has 16 heteroatoms.